The number of ether oxygens (including phenoxy) is 3. The molecule has 2 heterocycles. The fourth-order valence-corrected chi connectivity index (χ4v) is 3.65. The Hall–Kier alpha value is -2.73. The summed E-state index contributed by atoms with van der Waals surface area (Å²) in [6.45, 7) is 3.80. The molecule has 3 aromatic rings. The first-order chi connectivity index (χ1) is 12.4. The van der Waals surface area contributed by atoms with E-state index in [0.717, 1.165) is 0 Å². The average Bonchev–Trinajstić information content (AvgIpc) is 2.58. The van der Waals surface area contributed by atoms with Crippen LogP contribution in [0.3, 0.4) is 0 Å². The molecule has 1 aliphatic heterocycles. The van der Waals surface area contributed by atoms with Gasteiger partial charge in [-0.25, -0.2) is 0 Å². The van der Waals surface area contributed by atoms with Gasteiger partial charge in [-0.2, -0.15) is 0 Å². The third kappa shape index (κ3) is 2.33. The van der Waals surface area contributed by atoms with Gasteiger partial charge in [0.15, 0.2) is 11.3 Å². The normalized spacial score (nSPS) is 18.4. The van der Waals surface area contributed by atoms with E-state index in [1.165, 1.54) is 14.2 Å². The molecule has 1 N–H and O–H groups in total. The first kappa shape index (κ1) is 16.7. The zero-order chi connectivity index (χ0) is 18.6. The third-order valence-corrected chi connectivity index (χ3v) is 4.74. The van der Waals surface area contributed by atoms with Gasteiger partial charge in [-0.3, -0.25) is 4.79 Å². The van der Waals surface area contributed by atoms with E-state index in [4.69, 9.17) is 18.6 Å². The van der Waals surface area contributed by atoms with E-state index in [-0.39, 0.29) is 10.8 Å². The predicted molar refractivity (Wildman–Crippen MR) is 97.4 cm³/mol. The molecule has 2 aromatic carbocycles. The molecule has 0 spiro atoms. The summed E-state index contributed by atoms with van der Waals surface area (Å²) in [6, 6.07) is 6.79. The largest absolute Gasteiger partial charge is 0.495 e. The zero-order valence-electron chi connectivity index (χ0n) is 15.1. The molecule has 1 aliphatic rings. The van der Waals surface area contributed by atoms with Gasteiger partial charge < -0.3 is 23.7 Å². The molecule has 0 bridgehead atoms. The molecule has 0 radical (unpaired) electrons. The van der Waals surface area contributed by atoms with E-state index in [2.05, 4.69) is 0 Å². The summed E-state index contributed by atoms with van der Waals surface area (Å²) >= 11 is 0. The van der Waals surface area contributed by atoms with Crippen LogP contribution in [-0.2, 0) is 0 Å². The van der Waals surface area contributed by atoms with Crippen LogP contribution in [0.4, 0.5) is 0 Å². The number of methoxy groups -OCH3 is 2. The molecular formula is C20H20O6. The van der Waals surface area contributed by atoms with Crippen LogP contribution in [0.2, 0.25) is 0 Å². The number of aliphatic hydroxyl groups is 1. The fourth-order valence-electron chi connectivity index (χ4n) is 3.65. The molecule has 0 aliphatic carbocycles. The molecular weight excluding hydrogens is 336 g/mol. The van der Waals surface area contributed by atoms with E-state index in [9.17, 15) is 9.90 Å². The standard InChI is InChI=1S/C20H20O6/c1-20(2)9-11(21)15-14(26-20)8-13-16(19(15)24-4)17(22)10-6-5-7-12(23-3)18(10)25-13/h5-8,11,21H,9H2,1-4H3. The Kier molecular flexibility index (Phi) is 3.63. The number of benzene rings is 2. The number of hydrogen-bond donors (Lipinski definition) is 1. The molecule has 26 heavy (non-hydrogen) atoms. The van der Waals surface area contributed by atoms with Gasteiger partial charge in [0.05, 0.1) is 31.3 Å². The summed E-state index contributed by atoms with van der Waals surface area (Å²) in [7, 11) is 2.99. The number of hydrogen-bond acceptors (Lipinski definition) is 6. The van der Waals surface area contributed by atoms with Crippen molar-refractivity contribution in [3.8, 4) is 17.2 Å². The van der Waals surface area contributed by atoms with Gasteiger partial charge in [0.25, 0.3) is 0 Å². The van der Waals surface area contributed by atoms with Crippen molar-refractivity contribution in [1.29, 1.82) is 0 Å². The van der Waals surface area contributed by atoms with E-state index >= 15 is 0 Å². The van der Waals surface area contributed by atoms with E-state index in [0.29, 0.717) is 45.8 Å². The molecule has 4 rings (SSSR count). The van der Waals surface area contributed by atoms with Crippen LogP contribution >= 0.6 is 0 Å². The maximum atomic E-state index is 13.1. The Balaban J connectivity index is 2.16. The van der Waals surface area contributed by atoms with Gasteiger partial charge in [0, 0.05) is 12.5 Å². The lowest BCUT2D eigenvalue weighted by molar-refractivity contribution is 0.0103. The van der Waals surface area contributed by atoms with Gasteiger partial charge in [-0.15, -0.1) is 0 Å². The van der Waals surface area contributed by atoms with E-state index < -0.39 is 11.7 Å². The Bertz CT molecular complexity index is 1080. The maximum Gasteiger partial charge on any atom is 0.204 e. The average molecular weight is 356 g/mol. The molecule has 0 amide bonds. The highest BCUT2D eigenvalue weighted by atomic mass is 16.5. The van der Waals surface area contributed by atoms with Crippen molar-refractivity contribution in [2.75, 3.05) is 14.2 Å². The van der Waals surface area contributed by atoms with Crippen molar-refractivity contribution in [2.45, 2.75) is 32.0 Å². The molecule has 136 valence electrons. The molecule has 6 heteroatoms. The highest BCUT2D eigenvalue weighted by molar-refractivity contribution is 5.97. The van der Waals surface area contributed by atoms with E-state index in [1.807, 2.05) is 13.8 Å². The summed E-state index contributed by atoms with van der Waals surface area (Å²) in [4.78, 5) is 13.1. The highest BCUT2D eigenvalue weighted by Crippen LogP contribution is 2.47. The molecule has 1 aromatic heterocycles. The van der Waals surface area contributed by atoms with Gasteiger partial charge in [0.1, 0.15) is 28.1 Å². The molecule has 0 fully saturated rings. The van der Waals surface area contributed by atoms with Gasteiger partial charge in [-0.05, 0) is 26.0 Å². The molecule has 1 atom stereocenters. The smallest absolute Gasteiger partial charge is 0.204 e. The van der Waals surface area contributed by atoms with E-state index in [1.54, 1.807) is 24.3 Å². The highest BCUT2D eigenvalue weighted by Gasteiger charge is 2.36. The van der Waals surface area contributed by atoms with Crippen LogP contribution in [0.15, 0.2) is 33.5 Å². The molecule has 0 saturated heterocycles. The quantitative estimate of drug-likeness (QED) is 0.708. The summed E-state index contributed by atoms with van der Waals surface area (Å²) < 4.78 is 22.8. The minimum atomic E-state index is -0.798. The molecule has 6 nitrogen and oxygen atoms in total. The van der Waals surface area contributed by atoms with Crippen LogP contribution in [0.5, 0.6) is 17.2 Å². The second kappa shape index (κ2) is 5.64. The lowest BCUT2D eigenvalue weighted by Crippen LogP contribution is -2.35. The first-order valence-corrected chi connectivity index (χ1v) is 8.38. The summed E-state index contributed by atoms with van der Waals surface area (Å²) in [5.41, 5.74) is 0.392. The Morgan fingerprint density at radius 2 is 2.00 bits per heavy atom. The Morgan fingerprint density at radius 1 is 1.23 bits per heavy atom. The first-order valence-electron chi connectivity index (χ1n) is 8.38. The minimum absolute atomic E-state index is 0.239. The Morgan fingerprint density at radius 3 is 2.69 bits per heavy atom. The fraction of sp³-hybridized carbons (Fsp3) is 0.350. The monoisotopic (exact) mass is 356 g/mol. The summed E-state index contributed by atoms with van der Waals surface area (Å²) in [6.07, 6.45) is -0.400. The minimum Gasteiger partial charge on any atom is -0.495 e. The number of aliphatic hydroxyl groups excluding tert-OH is 1. The second-order valence-corrected chi connectivity index (χ2v) is 7.04. The van der Waals surface area contributed by atoms with Crippen LogP contribution in [-0.4, -0.2) is 24.9 Å². The lowest BCUT2D eigenvalue weighted by atomic mass is 9.90. The van der Waals surface area contributed by atoms with Gasteiger partial charge in [0.2, 0.25) is 5.43 Å². The molecule has 0 saturated carbocycles. The lowest BCUT2D eigenvalue weighted by Gasteiger charge is -2.36. The van der Waals surface area contributed by atoms with Gasteiger partial charge in [-0.1, -0.05) is 6.07 Å². The SMILES string of the molecule is COc1cccc2c(=O)c3c(OC)c4c(cc3oc12)OC(C)(C)CC4O. The molecule has 1 unspecified atom stereocenters. The third-order valence-electron chi connectivity index (χ3n) is 4.74. The topological polar surface area (TPSA) is 78.1 Å². The summed E-state index contributed by atoms with van der Waals surface area (Å²) in [5.74, 6) is 1.22. The maximum absolute atomic E-state index is 13.1. The van der Waals surface area contributed by atoms with Crippen LogP contribution in [0.1, 0.15) is 31.9 Å². The second-order valence-electron chi connectivity index (χ2n) is 7.04. The predicted octanol–water partition coefficient (Wildman–Crippen LogP) is 3.56. The van der Waals surface area contributed by atoms with Crippen molar-refractivity contribution in [3.63, 3.8) is 0 Å². The Labute approximate surface area is 149 Å². The van der Waals surface area contributed by atoms with Crippen molar-refractivity contribution in [1.82, 2.24) is 0 Å². The number of para-hydroxylation sites is 1. The van der Waals surface area contributed by atoms with Gasteiger partial charge >= 0.3 is 0 Å². The van der Waals surface area contributed by atoms with Crippen LogP contribution < -0.4 is 19.6 Å². The van der Waals surface area contributed by atoms with Crippen molar-refractivity contribution >= 4 is 21.9 Å². The summed E-state index contributed by atoms with van der Waals surface area (Å²) in [5, 5.41) is 11.3. The number of rotatable bonds is 2. The number of fused-ring (bicyclic) bond motifs is 3. The van der Waals surface area contributed by atoms with Crippen molar-refractivity contribution in [2.24, 2.45) is 0 Å². The zero-order valence-corrected chi connectivity index (χ0v) is 15.1. The van der Waals surface area contributed by atoms with Crippen LogP contribution in [0.25, 0.3) is 21.9 Å². The van der Waals surface area contributed by atoms with Crippen LogP contribution in [0, 0.1) is 0 Å². The van der Waals surface area contributed by atoms with Crippen molar-refractivity contribution < 1.29 is 23.7 Å². The van der Waals surface area contributed by atoms with Crippen molar-refractivity contribution in [3.05, 3.63) is 40.1 Å².